The molecule has 9 nitrogen and oxygen atoms in total. The highest BCUT2D eigenvalue weighted by Crippen LogP contribution is 2.27. The standard InChI is InChI=1S/C31H38FN3O6S/c1-6-22(3)33-31(37)23(4)34(20-24-9-8-10-28(19-24)40-5)30(36)21-35(26-13-15-27(16-14-26)41-7-2)42(38,39)29-17-11-25(32)12-18-29/h8-19,22-23H,6-7,20-21H2,1-5H3,(H,33,37)/t22-,23+/m1/s1. The summed E-state index contributed by atoms with van der Waals surface area (Å²) in [6.07, 6.45) is 0.698. The van der Waals surface area contributed by atoms with E-state index in [4.69, 9.17) is 9.47 Å². The third-order valence-electron chi connectivity index (χ3n) is 6.77. The van der Waals surface area contributed by atoms with Gasteiger partial charge >= 0.3 is 0 Å². The van der Waals surface area contributed by atoms with Crippen LogP contribution >= 0.6 is 0 Å². The van der Waals surface area contributed by atoms with Crippen LogP contribution in [0.2, 0.25) is 0 Å². The van der Waals surface area contributed by atoms with Crippen LogP contribution in [0, 0.1) is 5.82 Å². The molecule has 2 amide bonds. The lowest BCUT2D eigenvalue weighted by Gasteiger charge is -2.32. The normalized spacial score (nSPS) is 12.6. The Morgan fingerprint density at radius 1 is 0.952 bits per heavy atom. The van der Waals surface area contributed by atoms with Crippen LogP contribution in [-0.2, 0) is 26.2 Å². The predicted molar refractivity (Wildman–Crippen MR) is 159 cm³/mol. The number of carbonyl (C=O) groups excluding carboxylic acids is 2. The van der Waals surface area contributed by atoms with Gasteiger partial charge < -0.3 is 19.7 Å². The van der Waals surface area contributed by atoms with E-state index in [0.29, 0.717) is 30.1 Å². The molecular formula is C31H38FN3O6S. The maximum absolute atomic E-state index is 14.0. The Kier molecular flexibility index (Phi) is 11.3. The Balaban J connectivity index is 2.04. The van der Waals surface area contributed by atoms with Crippen molar-refractivity contribution in [1.82, 2.24) is 10.2 Å². The van der Waals surface area contributed by atoms with Crippen molar-refractivity contribution in [1.29, 1.82) is 0 Å². The fourth-order valence-corrected chi connectivity index (χ4v) is 5.57. The minimum atomic E-state index is -4.32. The molecule has 0 unspecified atom stereocenters. The summed E-state index contributed by atoms with van der Waals surface area (Å²) < 4.78 is 53.1. The zero-order valence-electron chi connectivity index (χ0n) is 24.5. The van der Waals surface area contributed by atoms with E-state index in [0.717, 1.165) is 28.6 Å². The van der Waals surface area contributed by atoms with Crippen LogP contribution in [0.5, 0.6) is 11.5 Å². The highest BCUT2D eigenvalue weighted by Gasteiger charge is 2.33. The first-order chi connectivity index (χ1) is 20.0. The van der Waals surface area contributed by atoms with E-state index in [-0.39, 0.29) is 29.1 Å². The third kappa shape index (κ3) is 8.22. The van der Waals surface area contributed by atoms with E-state index >= 15 is 0 Å². The minimum absolute atomic E-state index is 0.0266. The molecule has 0 fully saturated rings. The first-order valence-corrected chi connectivity index (χ1v) is 15.2. The fourth-order valence-electron chi connectivity index (χ4n) is 4.15. The smallest absolute Gasteiger partial charge is 0.264 e. The molecule has 11 heteroatoms. The second-order valence-electron chi connectivity index (χ2n) is 9.76. The monoisotopic (exact) mass is 599 g/mol. The van der Waals surface area contributed by atoms with E-state index in [1.807, 2.05) is 20.8 Å². The largest absolute Gasteiger partial charge is 0.497 e. The van der Waals surface area contributed by atoms with Crippen molar-refractivity contribution in [3.8, 4) is 11.5 Å². The van der Waals surface area contributed by atoms with Crippen molar-refractivity contribution in [2.24, 2.45) is 0 Å². The first kappa shape index (κ1) is 32.4. The molecule has 0 radical (unpaired) electrons. The van der Waals surface area contributed by atoms with Crippen molar-refractivity contribution in [2.45, 2.75) is 57.6 Å². The molecule has 0 aromatic heterocycles. The number of hydrogen-bond donors (Lipinski definition) is 1. The maximum atomic E-state index is 14.0. The van der Waals surface area contributed by atoms with E-state index in [2.05, 4.69) is 5.32 Å². The average Bonchev–Trinajstić information content (AvgIpc) is 2.99. The number of nitrogens with zero attached hydrogens (tertiary/aromatic N) is 2. The molecule has 3 rings (SSSR count). The molecule has 0 spiro atoms. The molecule has 0 aliphatic heterocycles. The number of ether oxygens (including phenoxy) is 2. The van der Waals surface area contributed by atoms with E-state index in [1.165, 1.54) is 24.1 Å². The van der Waals surface area contributed by atoms with Gasteiger partial charge in [-0.25, -0.2) is 12.8 Å². The Morgan fingerprint density at radius 2 is 1.62 bits per heavy atom. The minimum Gasteiger partial charge on any atom is -0.497 e. The quantitative estimate of drug-likeness (QED) is 0.287. The summed E-state index contributed by atoms with van der Waals surface area (Å²) >= 11 is 0. The topological polar surface area (TPSA) is 105 Å². The number of methoxy groups -OCH3 is 1. The van der Waals surface area contributed by atoms with E-state index < -0.39 is 34.3 Å². The van der Waals surface area contributed by atoms with Gasteiger partial charge in [-0.05, 0) is 93.4 Å². The third-order valence-corrected chi connectivity index (χ3v) is 8.56. The number of nitrogens with one attached hydrogen (secondary N) is 1. The number of benzene rings is 3. The molecule has 3 aromatic rings. The zero-order valence-corrected chi connectivity index (χ0v) is 25.4. The highest BCUT2D eigenvalue weighted by molar-refractivity contribution is 7.92. The summed E-state index contributed by atoms with van der Waals surface area (Å²) in [4.78, 5) is 28.3. The van der Waals surface area contributed by atoms with Crippen molar-refractivity contribution in [3.05, 3.63) is 84.2 Å². The molecule has 226 valence electrons. The Labute approximate surface area is 247 Å². The number of amides is 2. The van der Waals surface area contributed by atoms with Gasteiger partial charge in [0.25, 0.3) is 10.0 Å². The molecule has 1 N–H and O–H groups in total. The number of sulfonamides is 1. The number of hydrogen-bond acceptors (Lipinski definition) is 6. The maximum Gasteiger partial charge on any atom is 0.264 e. The van der Waals surface area contributed by atoms with E-state index in [9.17, 15) is 22.4 Å². The number of carbonyl (C=O) groups is 2. The molecule has 3 aromatic carbocycles. The number of rotatable bonds is 14. The summed E-state index contributed by atoms with van der Waals surface area (Å²) in [6, 6.07) is 16.7. The van der Waals surface area contributed by atoms with Gasteiger partial charge in [-0.1, -0.05) is 19.1 Å². The van der Waals surface area contributed by atoms with Gasteiger partial charge in [-0.3, -0.25) is 13.9 Å². The van der Waals surface area contributed by atoms with Crippen LogP contribution in [0.25, 0.3) is 0 Å². The van der Waals surface area contributed by atoms with Crippen LogP contribution < -0.4 is 19.1 Å². The summed E-state index contributed by atoms with van der Waals surface area (Å²) in [6.45, 7) is 7.06. The van der Waals surface area contributed by atoms with Crippen LogP contribution in [0.15, 0.2) is 77.7 Å². The van der Waals surface area contributed by atoms with Gasteiger partial charge in [0.2, 0.25) is 11.8 Å². The molecule has 0 saturated carbocycles. The lowest BCUT2D eigenvalue weighted by atomic mass is 10.1. The van der Waals surface area contributed by atoms with E-state index in [1.54, 1.807) is 43.3 Å². The Morgan fingerprint density at radius 3 is 2.21 bits per heavy atom. The first-order valence-electron chi connectivity index (χ1n) is 13.7. The van der Waals surface area contributed by atoms with Crippen molar-refractivity contribution in [3.63, 3.8) is 0 Å². The number of anilines is 1. The number of halogens is 1. The highest BCUT2D eigenvalue weighted by atomic mass is 32.2. The van der Waals surface area contributed by atoms with Gasteiger partial charge in [0.15, 0.2) is 0 Å². The van der Waals surface area contributed by atoms with Gasteiger partial charge in [0.1, 0.15) is 29.9 Å². The molecule has 0 aliphatic rings. The molecule has 0 bridgehead atoms. The lowest BCUT2D eigenvalue weighted by molar-refractivity contribution is -0.139. The van der Waals surface area contributed by atoms with Crippen LogP contribution in [0.3, 0.4) is 0 Å². The van der Waals surface area contributed by atoms with Crippen molar-refractivity contribution in [2.75, 3.05) is 24.6 Å². The van der Waals surface area contributed by atoms with Crippen molar-refractivity contribution < 1.29 is 31.9 Å². The molecule has 0 heterocycles. The zero-order chi connectivity index (χ0) is 30.9. The van der Waals surface area contributed by atoms with Gasteiger partial charge in [0.05, 0.1) is 24.3 Å². The van der Waals surface area contributed by atoms with Gasteiger partial charge in [-0.2, -0.15) is 0 Å². The summed E-state index contributed by atoms with van der Waals surface area (Å²) in [5, 5.41) is 2.90. The average molecular weight is 600 g/mol. The van der Waals surface area contributed by atoms with Gasteiger partial charge in [0, 0.05) is 12.6 Å². The second-order valence-corrected chi connectivity index (χ2v) is 11.6. The molecule has 0 aliphatic carbocycles. The SMILES string of the molecule is CCOc1ccc(N(CC(=O)N(Cc2cccc(OC)c2)[C@@H](C)C(=O)N[C@H](C)CC)S(=O)(=O)c2ccc(F)cc2)cc1. The lowest BCUT2D eigenvalue weighted by Crippen LogP contribution is -2.52. The molecule has 42 heavy (non-hydrogen) atoms. The summed E-state index contributed by atoms with van der Waals surface area (Å²) in [7, 11) is -2.79. The van der Waals surface area contributed by atoms with Crippen LogP contribution in [0.1, 0.15) is 39.7 Å². The summed E-state index contributed by atoms with van der Waals surface area (Å²) in [5.41, 5.74) is 0.897. The molecule has 0 saturated heterocycles. The van der Waals surface area contributed by atoms with Crippen molar-refractivity contribution >= 4 is 27.5 Å². The molecule has 2 atom stereocenters. The van der Waals surface area contributed by atoms with Gasteiger partial charge in [-0.15, -0.1) is 0 Å². The second kappa shape index (κ2) is 14.7. The molecular weight excluding hydrogens is 561 g/mol. The van der Waals surface area contributed by atoms with Crippen LogP contribution in [-0.4, -0.2) is 57.5 Å². The summed E-state index contributed by atoms with van der Waals surface area (Å²) in [5.74, 6) is -0.463. The van der Waals surface area contributed by atoms with Crippen LogP contribution in [0.4, 0.5) is 10.1 Å². The fraction of sp³-hybridized carbons (Fsp3) is 0.355. The Hall–Kier alpha value is -4.12. The Bertz CT molecular complexity index is 1450. The predicted octanol–water partition coefficient (Wildman–Crippen LogP) is 4.76.